The van der Waals surface area contributed by atoms with Gasteiger partial charge in [-0.2, -0.15) is 4.31 Å². The fourth-order valence-corrected chi connectivity index (χ4v) is 5.13. The zero-order valence-electron chi connectivity index (χ0n) is 16.5. The molecule has 1 amide bonds. The number of sulfonamides is 1. The van der Waals surface area contributed by atoms with Crippen molar-refractivity contribution in [3.63, 3.8) is 0 Å². The minimum atomic E-state index is -3.63. The summed E-state index contributed by atoms with van der Waals surface area (Å²) in [5.74, 6) is 0.606. The summed E-state index contributed by atoms with van der Waals surface area (Å²) in [5.41, 5.74) is 0.718. The van der Waals surface area contributed by atoms with Crippen LogP contribution >= 0.6 is 23.2 Å². The van der Waals surface area contributed by atoms with Gasteiger partial charge in [-0.3, -0.25) is 4.79 Å². The van der Waals surface area contributed by atoms with E-state index in [4.69, 9.17) is 27.9 Å². The highest BCUT2D eigenvalue weighted by Gasteiger charge is 2.30. The summed E-state index contributed by atoms with van der Waals surface area (Å²) in [6.07, 6.45) is 0.275. The van der Waals surface area contributed by atoms with Crippen LogP contribution in [0.3, 0.4) is 0 Å². The maximum absolute atomic E-state index is 12.8. The van der Waals surface area contributed by atoms with E-state index in [1.54, 1.807) is 42.3 Å². The van der Waals surface area contributed by atoms with Gasteiger partial charge in [0.05, 0.1) is 17.7 Å². The van der Waals surface area contributed by atoms with E-state index in [0.717, 1.165) is 5.69 Å². The van der Waals surface area contributed by atoms with Crippen molar-refractivity contribution in [2.75, 3.05) is 45.2 Å². The molecule has 0 aliphatic carbocycles. The van der Waals surface area contributed by atoms with Crippen molar-refractivity contribution in [2.24, 2.45) is 0 Å². The van der Waals surface area contributed by atoms with E-state index >= 15 is 0 Å². The number of nitrogens with zero attached hydrogens (tertiary/aromatic N) is 2. The number of piperazine rings is 1. The van der Waals surface area contributed by atoms with Gasteiger partial charge in [0.25, 0.3) is 0 Å². The summed E-state index contributed by atoms with van der Waals surface area (Å²) < 4.78 is 32.2. The molecule has 7 nitrogen and oxygen atoms in total. The molecule has 3 rings (SSSR count). The van der Waals surface area contributed by atoms with Gasteiger partial charge in [0.1, 0.15) is 5.75 Å². The van der Waals surface area contributed by atoms with Crippen LogP contribution in [0.1, 0.15) is 6.42 Å². The van der Waals surface area contributed by atoms with Crippen molar-refractivity contribution in [3.8, 4) is 5.75 Å². The van der Waals surface area contributed by atoms with Gasteiger partial charge in [-0.05, 0) is 36.4 Å². The number of halogens is 2. The van der Waals surface area contributed by atoms with Crippen molar-refractivity contribution in [3.05, 3.63) is 52.5 Å². The van der Waals surface area contributed by atoms with Gasteiger partial charge in [0.2, 0.25) is 15.9 Å². The van der Waals surface area contributed by atoms with Gasteiger partial charge in [-0.1, -0.05) is 29.3 Å². The van der Waals surface area contributed by atoms with Crippen molar-refractivity contribution in [1.82, 2.24) is 9.21 Å². The first-order valence-corrected chi connectivity index (χ1v) is 11.6. The van der Waals surface area contributed by atoms with Gasteiger partial charge < -0.3 is 15.0 Å². The lowest BCUT2D eigenvalue weighted by molar-refractivity contribution is -0.132. The number of rotatable bonds is 7. The summed E-state index contributed by atoms with van der Waals surface area (Å²) in [6.45, 7) is 1.60. The molecule has 1 aliphatic heterocycles. The van der Waals surface area contributed by atoms with E-state index in [-0.39, 0.29) is 30.3 Å². The maximum Gasteiger partial charge on any atom is 0.243 e. The third-order valence-corrected chi connectivity index (χ3v) is 7.21. The summed E-state index contributed by atoms with van der Waals surface area (Å²) in [5, 5.41) is 4.10. The van der Waals surface area contributed by atoms with E-state index in [1.165, 1.54) is 16.4 Å². The molecule has 1 aliphatic rings. The Bertz CT molecular complexity index is 1010. The molecular weight excluding hydrogens is 449 g/mol. The highest BCUT2D eigenvalue weighted by molar-refractivity contribution is 7.89. The summed E-state index contributed by atoms with van der Waals surface area (Å²) in [6, 6.07) is 11.4. The molecule has 0 aromatic heterocycles. The number of hydrogen-bond donors (Lipinski definition) is 1. The molecule has 1 N–H and O–H groups in total. The molecule has 0 bridgehead atoms. The molecule has 2 aromatic carbocycles. The monoisotopic (exact) mass is 471 g/mol. The van der Waals surface area contributed by atoms with Crippen molar-refractivity contribution >= 4 is 44.8 Å². The van der Waals surface area contributed by atoms with Gasteiger partial charge in [-0.25, -0.2) is 8.42 Å². The largest absolute Gasteiger partial charge is 0.495 e. The maximum atomic E-state index is 12.8. The number of ether oxygens (including phenoxy) is 1. The summed E-state index contributed by atoms with van der Waals surface area (Å²) in [7, 11) is -2.06. The Morgan fingerprint density at radius 2 is 1.77 bits per heavy atom. The molecule has 30 heavy (non-hydrogen) atoms. The Labute approximate surface area is 186 Å². The van der Waals surface area contributed by atoms with E-state index in [9.17, 15) is 13.2 Å². The number of nitrogens with one attached hydrogen (secondary N) is 1. The van der Waals surface area contributed by atoms with Crippen molar-refractivity contribution in [1.29, 1.82) is 0 Å². The van der Waals surface area contributed by atoms with E-state index in [0.29, 0.717) is 35.4 Å². The third kappa shape index (κ3) is 5.37. The lowest BCUT2D eigenvalue weighted by atomic mass is 10.2. The highest BCUT2D eigenvalue weighted by atomic mass is 35.5. The number of benzene rings is 2. The molecule has 0 spiro atoms. The fraction of sp³-hybridized carbons (Fsp3) is 0.350. The molecule has 0 unspecified atom stereocenters. The minimum absolute atomic E-state index is 0.0386. The molecule has 1 saturated heterocycles. The van der Waals surface area contributed by atoms with Gasteiger partial charge in [0.15, 0.2) is 0 Å². The zero-order chi connectivity index (χ0) is 21.7. The first-order valence-electron chi connectivity index (χ1n) is 9.42. The second-order valence-electron chi connectivity index (χ2n) is 6.76. The Kier molecular flexibility index (Phi) is 7.46. The molecule has 1 fully saturated rings. The van der Waals surface area contributed by atoms with Gasteiger partial charge in [0, 0.05) is 49.2 Å². The molecule has 0 saturated carbocycles. The highest BCUT2D eigenvalue weighted by Crippen LogP contribution is 2.27. The van der Waals surface area contributed by atoms with Crippen LogP contribution in [0.4, 0.5) is 5.69 Å². The normalized spacial score (nSPS) is 15.1. The van der Waals surface area contributed by atoms with Crippen LogP contribution in [-0.2, 0) is 14.8 Å². The summed E-state index contributed by atoms with van der Waals surface area (Å²) >= 11 is 11.9. The first kappa shape index (κ1) is 22.7. The standard InChI is InChI=1S/C20H23Cl2N3O4S/c1-29-19-6-5-16(22)14-18(19)23-8-7-20(26)24-9-11-25(12-10-24)30(27,28)17-4-2-3-15(21)13-17/h2-6,13-14,23H,7-12H2,1H3. The number of carbonyl (C=O) groups is 1. The second kappa shape index (κ2) is 9.87. The smallest absolute Gasteiger partial charge is 0.243 e. The SMILES string of the molecule is COc1ccc(Cl)cc1NCCC(=O)N1CCN(S(=O)(=O)c2cccc(Cl)c2)CC1. The van der Waals surface area contributed by atoms with E-state index in [2.05, 4.69) is 5.32 Å². The molecule has 10 heteroatoms. The van der Waals surface area contributed by atoms with Gasteiger partial charge in [-0.15, -0.1) is 0 Å². The van der Waals surface area contributed by atoms with Crippen LogP contribution in [0.25, 0.3) is 0 Å². The van der Waals surface area contributed by atoms with E-state index in [1.807, 2.05) is 0 Å². The van der Waals surface area contributed by atoms with Gasteiger partial charge >= 0.3 is 0 Å². The quantitative estimate of drug-likeness (QED) is 0.669. The molecule has 2 aromatic rings. The number of anilines is 1. The zero-order valence-corrected chi connectivity index (χ0v) is 18.8. The van der Waals surface area contributed by atoms with Crippen LogP contribution < -0.4 is 10.1 Å². The average Bonchev–Trinajstić information content (AvgIpc) is 2.74. The van der Waals surface area contributed by atoms with Crippen LogP contribution in [0, 0.1) is 0 Å². The molecule has 162 valence electrons. The predicted molar refractivity (Wildman–Crippen MR) is 118 cm³/mol. The van der Waals surface area contributed by atoms with Crippen LogP contribution in [-0.4, -0.2) is 63.4 Å². The number of hydrogen-bond acceptors (Lipinski definition) is 5. The Morgan fingerprint density at radius 3 is 2.43 bits per heavy atom. The molecular formula is C20H23Cl2N3O4S. The molecule has 0 radical (unpaired) electrons. The Hall–Kier alpha value is -2.00. The number of carbonyl (C=O) groups excluding carboxylic acids is 1. The topological polar surface area (TPSA) is 79.0 Å². The van der Waals surface area contributed by atoms with E-state index < -0.39 is 10.0 Å². The van der Waals surface area contributed by atoms with Crippen LogP contribution in [0.5, 0.6) is 5.75 Å². The van der Waals surface area contributed by atoms with Crippen LogP contribution in [0.2, 0.25) is 10.0 Å². The second-order valence-corrected chi connectivity index (χ2v) is 9.57. The fourth-order valence-electron chi connectivity index (χ4n) is 3.23. The van der Waals surface area contributed by atoms with Crippen molar-refractivity contribution in [2.45, 2.75) is 11.3 Å². The Morgan fingerprint density at radius 1 is 1.07 bits per heavy atom. The Balaban J connectivity index is 1.51. The average molecular weight is 472 g/mol. The molecule has 0 atom stereocenters. The van der Waals surface area contributed by atoms with Crippen LogP contribution in [0.15, 0.2) is 47.4 Å². The minimum Gasteiger partial charge on any atom is -0.495 e. The third-order valence-electron chi connectivity index (χ3n) is 4.84. The number of methoxy groups -OCH3 is 1. The molecule has 1 heterocycles. The lowest BCUT2D eigenvalue weighted by Gasteiger charge is -2.34. The number of amides is 1. The first-order chi connectivity index (χ1) is 14.3. The summed E-state index contributed by atoms with van der Waals surface area (Å²) in [4.78, 5) is 14.4. The van der Waals surface area contributed by atoms with Crippen molar-refractivity contribution < 1.29 is 17.9 Å². The lowest BCUT2D eigenvalue weighted by Crippen LogP contribution is -2.50. The predicted octanol–water partition coefficient (Wildman–Crippen LogP) is 3.34.